The molecule has 2 N–H and O–H groups in total. The first kappa shape index (κ1) is 18.6. The molecule has 26 heavy (non-hydrogen) atoms. The van der Waals surface area contributed by atoms with Crippen LogP contribution in [0.15, 0.2) is 40.6 Å². The fourth-order valence-electron chi connectivity index (χ4n) is 2.80. The lowest BCUT2D eigenvalue weighted by Gasteiger charge is -2.28. The lowest BCUT2D eigenvalue weighted by atomic mass is 10.0. The lowest BCUT2D eigenvalue weighted by molar-refractivity contribution is -0.138. The summed E-state index contributed by atoms with van der Waals surface area (Å²) < 4.78 is 27.4. The molecule has 0 fully saturated rings. The summed E-state index contributed by atoms with van der Waals surface area (Å²) in [5, 5.41) is 12.7. The second kappa shape index (κ2) is 7.18. The maximum atomic E-state index is 13.0. The van der Waals surface area contributed by atoms with Crippen molar-refractivity contribution < 1.29 is 23.1 Å². The van der Waals surface area contributed by atoms with Crippen LogP contribution in [0, 0.1) is 0 Å². The van der Waals surface area contributed by atoms with Gasteiger partial charge >= 0.3 is 5.97 Å². The van der Waals surface area contributed by atoms with Crippen molar-refractivity contribution in [2.45, 2.75) is 30.8 Å². The molecule has 0 radical (unpaired) electrons. The fraction of sp³-hybridized carbons (Fsp3) is 0.294. The highest BCUT2D eigenvalue weighted by molar-refractivity contribution is 7.89. The van der Waals surface area contributed by atoms with Crippen LogP contribution in [0.5, 0.6) is 0 Å². The number of thiophene rings is 1. The first-order valence-electron chi connectivity index (χ1n) is 7.99. The molecular weight excluding hydrogens is 376 g/mol. The zero-order valence-electron chi connectivity index (χ0n) is 14.0. The SMILES string of the molecule is CC(NC(=O)c1sccc1S(=O)(=O)N1CCc2ccccc2C1)C(=O)O. The normalized spacial score (nSPS) is 15.9. The minimum atomic E-state index is -3.86. The predicted molar refractivity (Wildman–Crippen MR) is 96.6 cm³/mol. The first-order valence-corrected chi connectivity index (χ1v) is 10.3. The Bertz CT molecular complexity index is 952. The zero-order chi connectivity index (χ0) is 18.9. The summed E-state index contributed by atoms with van der Waals surface area (Å²) >= 11 is 0.977. The minimum Gasteiger partial charge on any atom is -0.480 e. The number of nitrogens with one attached hydrogen (secondary N) is 1. The van der Waals surface area contributed by atoms with Crippen molar-refractivity contribution in [3.63, 3.8) is 0 Å². The maximum absolute atomic E-state index is 13.0. The molecule has 138 valence electrons. The number of amides is 1. The molecule has 1 aromatic carbocycles. The van der Waals surface area contributed by atoms with Crippen molar-refractivity contribution in [3.8, 4) is 0 Å². The number of fused-ring (bicyclic) bond motifs is 1. The van der Waals surface area contributed by atoms with Crippen molar-refractivity contribution in [1.29, 1.82) is 0 Å². The van der Waals surface area contributed by atoms with Crippen molar-refractivity contribution >= 4 is 33.2 Å². The molecule has 0 spiro atoms. The van der Waals surface area contributed by atoms with Gasteiger partial charge < -0.3 is 10.4 Å². The second-order valence-corrected chi connectivity index (χ2v) is 8.83. The number of rotatable bonds is 5. The van der Waals surface area contributed by atoms with E-state index in [0.29, 0.717) is 13.0 Å². The number of sulfonamides is 1. The third-order valence-corrected chi connectivity index (χ3v) is 7.20. The van der Waals surface area contributed by atoms with Crippen LogP contribution < -0.4 is 5.32 Å². The fourth-order valence-corrected chi connectivity index (χ4v) is 5.53. The van der Waals surface area contributed by atoms with E-state index in [4.69, 9.17) is 5.11 Å². The first-order chi connectivity index (χ1) is 12.3. The van der Waals surface area contributed by atoms with Crippen LogP contribution in [0.25, 0.3) is 0 Å². The van der Waals surface area contributed by atoms with E-state index in [-0.39, 0.29) is 16.3 Å². The molecule has 0 aliphatic carbocycles. The van der Waals surface area contributed by atoms with E-state index in [1.165, 1.54) is 22.7 Å². The van der Waals surface area contributed by atoms with Crippen LogP contribution in [0.2, 0.25) is 0 Å². The standard InChI is InChI=1S/C17H18N2O5S2/c1-11(17(21)22)18-16(20)15-14(7-9-25-15)26(23,24)19-8-6-12-4-2-3-5-13(12)10-19/h2-5,7,9,11H,6,8,10H2,1H3,(H,18,20)(H,21,22). The Morgan fingerprint density at radius 3 is 2.62 bits per heavy atom. The molecule has 2 heterocycles. The summed E-state index contributed by atoms with van der Waals surface area (Å²) in [5.74, 6) is -1.89. The van der Waals surface area contributed by atoms with Crippen molar-refractivity contribution in [2.75, 3.05) is 6.54 Å². The highest BCUT2D eigenvalue weighted by atomic mass is 32.2. The minimum absolute atomic E-state index is 0.00282. The van der Waals surface area contributed by atoms with Crippen LogP contribution in [0.1, 0.15) is 27.7 Å². The second-order valence-electron chi connectivity index (χ2n) is 6.00. The summed E-state index contributed by atoms with van der Waals surface area (Å²) in [5.41, 5.74) is 2.07. The van der Waals surface area contributed by atoms with Gasteiger partial charge in [0.2, 0.25) is 10.0 Å². The smallest absolute Gasteiger partial charge is 0.325 e. The molecule has 1 aliphatic heterocycles. The van der Waals surface area contributed by atoms with Gasteiger partial charge in [0.05, 0.1) is 0 Å². The lowest BCUT2D eigenvalue weighted by Crippen LogP contribution is -2.40. The van der Waals surface area contributed by atoms with Crippen molar-refractivity contribution in [1.82, 2.24) is 9.62 Å². The van der Waals surface area contributed by atoms with E-state index in [1.807, 2.05) is 24.3 Å². The molecule has 1 atom stereocenters. The van der Waals surface area contributed by atoms with Gasteiger partial charge in [-0.1, -0.05) is 24.3 Å². The number of benzene rings is 1. The molecule has 1 amide bonds. The Morgan fingerprint density at radius 1 is 1.23 bits per heavy atom. The summed E-state index contributed by atoms with van der Waals surface area (Å²) in [4.78, 5) is 23.1. The number of hydrogen-bond donors (Lipinski definition) is 2. The number of carbonyl (C=O) groups is 2. The van der Waals surface area contributed by atoms with E-state index in [1.54, 1.807) is 0 Å². The van der Waals surface area contributed by atoms with Gasteiger partial charge in [-0.05, 0) is 35.9 Å². The molecule has 1 unspecified atom stereocenters. The van der Waals surface area contributed by atoms with Gasteiger partial charge in [-0.3, -0.25) is 9.59 Å². The molecular formula is C17H18N2O5S2. The van der Waals surface area contributed by atoms with Gasteiger partial charge in [0.25, 0.3) is 5.91 Å². The molecule has 0 saturated carbocycles. The van der Waals surface area contributed by atoms with Crippen LogP contribution in [-0.4, -0.2) is 42.3 Å². The number of aliphatic carboxylic acids is 1. The molecule has 7 nitrogen and oxygen atoms in total. The van der Waals surface area contributed by atoms with E-state index in [9.17, 15) is 18.0 Å². The average Bonchev–Trinajstić information content (AvgIpc) is 3.12. The average molecular weight is 394 g/mol. The molecule has 2 aromatic rings. The van der Waals surface area contributed by atoms with Crippen molar-refractivity contribution in [3.05, 3.63) is 51.7 Å². The number of nitrogens with zero attached hydrogens (tertiary/aromatic N) is 1. The van der Waals surface area contributed by atoms with Crippen LogP contribution in [0.3, 0.4) is 0 Å². The number of carboxylic acids is 1. The maximum Gasteiger partial charge on any atom is 0.325 e. The van der Waals surface area contributed by atoms with E-state index in [0.717, 1.165) is 22.5 Å². The molecule has 1 aliphatic rings. The number of hydrogen-bond acceptors (Lipinski definition) is 5. The molecule has 0 saturated heterocycles. The Labute approximate surface area is 155 Å². The van der Waals surface area contributed by atoms with Crippen LogP contribution >= 0.6 is 11.3 Å². The van der Waals surface area contributed by atoms with Gasteiger partial charge in [-0.25, -0.2) is 8.42 Å². The van der Waals surface area contributed by atoms with Gasteiger partial charge in [0.15, 0.2) is 0 Å². The van der Waals surface area contributed by atoms with Crippen molar-refractivity contribution in [2.24, 2.45) is 0 Å². The summed E-state index contributed by atoms with van der Waals surface area (Å²) in [7, 11) is -3.86. The summed E-state index contributed by atoms with van der Waals surface area (Å²) in [6.45, 7) is 1.91. The quantitative estimate of drug-likeness (QED) is 0.803. The topological polar surface area (TPSA) is 104 Å². The molecule has 0 bridgehead atoms. The predicted octanol–water partition coefficient (Wildman–Crippen LogP) is 1.70. The highest BCUT2D eigenvalue weighted by Gasteiger charge is 2.32. The van der Waals surface area contributed by atoms with Gasteiger partial charge in [-0.2, -0.15) is 4.31 Å². The van der Waals surface area contributed by atoms with Crippen LogP contribution in [0.4, 0.5) is 0 Å². The Morgan fingerprint density at radius 2 is 1.92 bits per heavy atom. The third kappa shape index (κ3) is 3.50. The third-order valence-electron chi connectivity index (χ3n) is 4.27. The molecule has 3 rings (SSSR count). The summed E-state index contributed by atoms with van der Waals surface area (Å²) in [6.07, 6.45) is 0.608. The van der Waals surface area contributed by atoms with Crippen LogP contribution in [-0.2, 0) is 27.8 Å². The number of carbonyl (C=O) groups excluding carboxylic acids is 1. The largest absolute Gasteiger partial charge is 0.480 e. The van der Waals surface area contributed by atoms with Gasteiger partial charge in [0, 0.05) is 13.1 Å². The Hall–Kier alpha value is -2.23. The highest BCUT2D eigenvalue weighted by Crippen LogP contribution is 2.29. The van der Waals surface area contributed by atoms with E-state index >= 15 is 0 Å². The Balaban J connectivity index is 1.87. The van der Waals surface area contributed by atoms with E-state index in [2.05, 4.69) is 5.32 Å². The number of carboxylic acid groups (broad SMARTS) is 1. The van der Waals surface area contributed by atoms with Gasteiger partial charge in [-0.15, -0.1) is 11.3 Å². The molecule has 1 aromatic heterocycles. The monoisotopic (exact) mass is 394 g/mol. The summed E-state index contributed by atoms with van der Waals surface area (Å²) in [6, 6.07) is 7.95. The zero-order valence-corrected chi connectivity index (χ0v) is 15.6. The van der Waals surface area contributed by atoms with E-state index < -0.39 is 27.9 Å². The van der Waals surface area contributed by atoms with Gasteiger partial charge in [0.1, 0.15) is 15.8 Å². The Kier molecular flexibility index (Phi) is 5.12. The molecule has 9 heteroatoms.